The van der Waals surface area contributed by atoms with Crippen LogP contribution in [0.2, 0.25) is 0 Å². The van der Waals surface area contributed by atoms with Gasteiger partial charge >= 0.3 is 0 Å². The Morgan fingerprint density at radius 3 is 2.26 bits per heavy atom. The lowest BCUT2D eigenvalue weighted by Crippen LogP contribution is -2.02. The number of rotatable bonds is 14. The molecule has 0 atom stereocenters. The monoisotopic (exact) mass is 270 g/mol. The second kappa shape index (κ2) is 15.2. The molecule has 0 unspecified atom stereocenters. The van der Waals surface area contributed by atoms with Crippen LogP contribution in [0, 0.1) is 0 Å². The summed E-state index contributed by atoms with van der Waals surface area (Å²) in [6.45, 7) is 5.27. The van der Waals surface area contributed by atoms with E-state index in [1.54, 1.807) is 0 Å². The molecule has 0 aliphatic carbocycles. The Bertz CT molecular complexity index is 224. The maximum Gasteiger partial charge on any atom is 0.189 e. The molecule has 0 saturated heterocycles. The first-order valence-corrected chi connectivity index (χ1v) is 7.71. The van der Waals surface area contributed by atoms with Crippen LogP contribution in [0.5, 0.6) is 0 Å². The number of unbranched alkanes of at least 4 members (excludes halogenated alkanes) is 7. The molecule has 0 bridgehead atoms. The molecule has 0 aliphatic heterocycles. The molecule has 0 rings (SSSR count). The fourth-order valence-corrected chi connectivity index (χ4v) is 1.76. The highest BCUT2D eigenvalue weighted by atomic mass is 16.7. The van der Waals surface area contributed by atoms with Gasteiger partial charge in [-0.25, -0.2) is 0 Å². The molecule has 0 N–H and O–H groups in total. The van der Waals surface area contributed by atoms with Crippen molar-refractivity contribution < 1.29 is 14.3 Å². The Morgan fingerprint density at radius 2 is 1.63 bits per heavy atom. The molecule has 0 spiro atoms. The second-order valence-electron chi connectivity index (χ2n) is 4.80. The maximum absolute atomic E-state index is 10.8. The maximum atomic E-state index is 10.8. The number of carbonyl (C=O) groups excluding carboxylic acids is 1. The predicted molar refractivity (Wildman–Crippen MR) is 79.0 cm³/mol. The third-order valence-corrected chi connectivity index (χ3v) is 2.97. The van der Waals surface area contributed by atoms with Gasteiger partial charge in [0.2, 0.25) is 0 Å². The summed E-state index contributed by atoms with van der Waals surface area (Å²) in [7, 11) is 0. The van der Waals surface area contributed by atoms with Crippen molar-refractivity contribution in [3.8, 4) is 0 Å². The number of hydrogen-bond acceptors (Lipinski definition) is 3. The summed E-state index contributed by atoms with van der Waals surface area (Å²) in [4.78, 5) is 10.8. The number of hydrogen-bond donors (Lipinski definition) is 0. The number of allylic oxidation sites excluding steroid dienone is 2. The summed E-state index contributed by atoms with van der Waals surface area (Å²) in [5.41, 5.74) is 0. The van der Waals surface area contributed by atoms with Gasteiger partial charge in [-0.3, -0.25) is 4.79 Å². The minimum atomic E-state index is 0.186. The fraction of sp³-hybridized carbons (Fsp3) is 0.812. The molecule has 0 saturated carbocycles. The van der Waals surface area contributed by atoms with Crippen molar-refractivity contribution in [1.29, 1.82) is 0 Å². The van der Waals surface area contributed by atoms with Crippen molar-refractivity contribution in [1.82, 2.24) is 0 Å². The van der Waals surface area contributed by atoms with E-state index < -0.39 is 0 Å². The number of ether oxygens (including phenoxy) is 2. The molecule has 0 radical (unpaired) electrons. The Labute approximate surface area is 118 Å². The van der Waals surface area contributed by atoms with Crippen LogP contribution >= 0.6 is 0 Å². The first-order chi connectivity index (χ1) is 9.35. The van der Waals surface area contributed by atoms with Gasteiger partial charge in [-0.05, 0) is 25.3 Å². The topological polar surface area (TPSA) is 35.5 Å². The van der Waals surface area contributed by atoms with Crippen LogP contribution in [0.1, 0.15) is 71.6 Å². The largest absolute Gasteiger partial charge is 0.464 e. The average molecular weight is 270 g/mol. The molecule has 0 aromatic heterocycles. The van der Waals surface area contributed by atoms with Crippen molar-refractivity contribution in [3.63, 3.8) is 0 Å². The third-order valence-electron chi connectivity index (χ3n) is 2.97. The van der Waals surface area contributed by atoms with E-state index in [0.717, 1.165) is 25.5 Å². The number of aldehydes is 1. The predicted octanol–water partition coefficient (Wildman–Crippen LogP) is 4.61. The summed E-state index contributed by atoms with van der Waals surface area (Å²) in [5.74, 6) is 0.407. The fourth-order valence-electron chi connectivity index (χ4n) is 1.76. The molecule has 0 fully saturated rings. The SMILES string of the molecule is CCCCCC/C=C(\C=O)OCOCCCCCC. The summed E-state index contributed by atoms with van der Waals surface area (Å²) >= 11 is 0. The Morgan fingerprint density at radius 1 is 0.947 bits per heavy atom. The molecule has 112 valence electrons. The second-order valence-corrected chi connectivity index (χ2v) is 4.80. The zero-order valence-corrected chi connectivity index (χ0v) is 12.7. The van der Waals surface area contributed by atoms with E-state index in [4.69, 9.17) is 9.47 Å². The Hall–Kier alpha value is -0.830. The molecule has 0 aromatic carbocycles. The third kappa shape index (κ3) is 13.4. The molecule has 0 heterocycles. The molecule has 3 heteroatoms. The highest BCUT2D eigenvalue weighted by Gasteiger charge is 1.96. The molecule has 0 aliphatic rings. The van der Waals surface area contributed by atoms with Crippen LogP contribution in [0.4, 0.5) is 0 Å². The van der Waals surface area contributed by atoms with Crippen LogP contribution in [-0.2, 0) is 14.3 Å². The van der Waals surface area contributed by atoms with E-state index in [0.29, 0.717) is 12.4 Å². The normalized spacial score (nSPS) is 11.6. The highest BCUT2D eigenvalue weighted by molar-refractivity contribution is 5.69. The zero-order chi connectivity index (χ0) is 14.2. The minimum absolute atomic E-state index is 0.186. The van der Waals surface area contributed by atoms with Crippen molar-refractivity contribution in [2.24, 2.45) is 0 Å². The molecule has 0 aromatic rings. The van der Waals surface area contributed by atoms with E-state index in [1.807, 2.05) is 6.08 Å². The van der Waals surface area contributed by atoms with Crippen LogP contribution in [0.15, 0.2) is 11.8 Å². The van der Waals surface area contributed by atoms with E-state index in [9.17, 15) is 4.79 Å². The lowest BCUT2D eigenvalue weighted by molar-refractivity contribution is -0.111. The van der Waals surface area contributed by atoms with Crippen molar-refractivity contribution in [2.45, 2.75) is 71.6 Å². The first kappa shape index (κ1) is 18.2. The van der Waals surface area contributed by atoms with E-state index in [2.05, 4.69) is 13.8 Å². The summed E-state index contributed by atoms with van der Waals surface area (Å²) in [6.07, 6.45) is 13.1. The van der Waals surface area contributed by atoms with Crippen LogP contribution in [0.3, 0.4) is 0 Å². The molecular weight excluding hydrogens is 240 g/mol. The van der Waals surface area contributed by atoms with Gasteiger partial charge in [0.25, 0.3) is 0 Å². The lowest BCUT2D eigenvalue weighted by Gasteiger charge is -2.06. The van der Waals surface area contributed by atoms with Crippen LogP contribution in [0.25, 0.3) is 0 Å². The summed E-state index contributed by atoms with van der Waals surface area (Å²) in [5, 5.41) is 0. The van der Waals surface area contributed by atoms with Crippen LogP contribution < -0.4 is 0 Å². The van der Waals surface area contributed by atoms with Gasteiger partial charge in [0.05, 0.1) is 6.61 Å². The summed E-state index contributed by atoms with van der Waals surface area (Å²) in [6, 6.07) is 0. The first-order valence-electron chi connectivity index (χ1n) is 7.71. The highest BCUT2D eigenvalue weighted by Crippen LogP contribution is 2.06. The standard InChI is InChI=1S/C16H30O3/c1-3-5-7-9-10-12-16(14-17)19-15-18-13-11-8-6-4-2/h12,14H,3-11,13,15H2,1-2H3/b16-12+. The van der Waals surface area contributed by atoms with Gasteiger partial charge in [0, 0.05) is 0 Å². The van der Waals surface area contributed by atoms with Gasteiger partial charge < -0.3 is 9.47 Å². The van der Waals surface area contributed by atoms with E-state index in [1.165, 1.54) is 38.5 Å². The molecular formula is C16H30O3. The molecule has 19 heavy (non-hydrogen) atoms. The van der Waals surface area contributed by atoms with Gasteiger partial charge in [0.1, 0.15) is 0 Å². The zero-order valence-electron chi connectivity index (χ0n) is 12.7. The molecule has 0 amide bonds. The van der Waals surface area contributed by atoms with Gasteiger partial charge in [-0.1, -0.05) is 52.4 Å². The van der Waals surface area contributed by atoms with Crippen molar-refractivity contribution in [2.75, 3.05) is 13.4 Å². The van der Waals surface area contributed by atoms with Crippen molar-refractivity contribution >= 4 is 6.29 Å². The van der Waals surface area contributed by atoms with E-state index >= 15 is 0 Å². The average Bonchev–Trinajstić information content (AvgIpc) is 2.44. The summed E-state index contributed by atoms with van der Waals surface area (Å²) < 4.78 is 10.6. The van der Waals surface area contributed by atoms with Crippen LogP contribution in [-0.4, -0.2) is 19.7 Å². The van der Waals surface area contributed by atoms with Gasteiger partial charge in [-0.2, -0.15) is 0 Å². The smallest absolute Gasteiger partial charge is 0.189 e. The van der Waals surface area contributed by atoms with E-state index in [-0.39, 0.29) is 6.79 Å². The van der Waals surface area contributed by atoms with Crippen molar-refractivity contribution in [3.05, 3.63) is 11.8 Å². The Balaban J connectivity index is 3.47. The van der Waals surface area contributed by atoms with Gasteiger partial charge in [-0.15, -0.1) is 0 Å². The van der Waals surface area contributed by atoms with Gasteiger partial charge in [0.15, 0.2) is 18.8 Å². The molecule has 3 nitrogen and oxygen atoms in total. The Kier molecular flexibility index (Phi) is 14.6. The minimum Gasteiger partial charge on any atom is -0.464 e. The number of carbonyl (C=O) groups is 1. The lowest BCUT2D eigenvalue weighted by atomic mass is 10.1. The quantitative estimate of drug-likeness (QED) is 0.152.